The molecule has 88 valence electrons. The molecule has 0 saturated heterocycles. The van der Waals surface area contributed by atoms with Gasteiger partial charge in [-0.1, -0.05) is 32.1 Å². The Balaban J connectivity index is 2.05. The van der Waals surface area contributed by atoms with E-state index in [1.807, 2.05) is 11.4 Å². The van der Waals surface area contributed by atoms with Gasteiger partial charge in [-0.25, -0.2) is 0 Å². The van der Waals surface area contributed by atoms with Gasteiger partial charge in [0.2, 0.25) is 0 Å². The predicted molar refractivity (Wildman–Crippen MR) is 72.2 cm³/mol. The summed E-state index contributed by atoms with van der Waals surface area (Å²) in [6.45, 7) is 0. The van der Waals surface area contributed by atoms with Crippen LogP contribution in [0.3, 0.4) is 0 Å². The van der Waals surface area contributed by atoms with E-state index in [2.05, 4.69) is 15.9 Å². The Labute approximate surface area is 109 Å². The molecular weight excluding hydrogens is 284 g/mol. The molecule has 1 fully saturated rings. The molecule has 0 spiro atoms. The number of Topliss-reactive ketones (excluding diaryl/α,β-unsaturated/α-hetero) is 1. The number of rotatable bonds is 2. The lowest BCUT2D eigenvalue weighted by Crippen LogP contribution is -2.15. The highest BCUT2D eigenvalue weighted by molar-refractivity contribution is 9.10. The molecule has 1 nitrogen and oxygen atoms in total. The minimum absolute atomic E-state index is 0.273. The number of halogens is 1. The average molecular weight is 301 g/mol. The van der Waals surface area contributed by atoms with Gasteiger partial charge in [0, 0.05) is 10.4 Å². The molecular formula is C13H17BrOS. The van der Waals surface area contributed by atoms with Crippen molar-refractivity contribution in [2.75, 3.05) is 0 Å². The van der Waals surface area contributed by atoms with Crippen LogP contribution in [0.2, 0.25) is 0 Å². The van der Waals surface area contributed by atoms with Gasteiger partial charge < -0.3 is 0 Å². The van der Waals surface area contributed by atoms with Crippen LogP contribution in [0.1, 0.15) is 54.6 Å². The fraction of sp³-hybridized carbons (Fsp3) is 0.615. The van der Waals surface area contributed by atoms with Crippen LogP contribution in [-0.2, 0) is 0 Å². The Morgan fingerprint density at radius 2 is 1.81 bits per heavy atom. The molecule has 3 heteroatoms. The van der Waals surface area contributed by atoms with Crippen molar-refractivity contribution in [3.63, 3.8) is 0 Å². The summed E-state index contributed by atoms with van der Waals surface area (Å²) in [5, 5.41) is 1.99. The Hall–Kier alpha value is -0.150. The highest BCUT2D eigenvalue weighted by Gasteiger charge is 2.23. The fourth-order valence-electron chi connectivity index (χ4n) is 2.37. The number of thiophene rings is 1. The van der Waals surface area contributed by atoms with Crippen molar-refractivity contribution in [2.24, 2.45) is 5.92 Å². The van der Waals surface area contributed by atoms with Crippen molar-refractivity contribution in [3.05, 3.63) is 20.8 Å². The summed E-state index contributed by atoms with van der Waals surface area (Å²) < 4.78 is 0.976. The molecule has 0 unspecified atom stereocenters. The van der Waals surface area contributed by atoms with Crippen molar-refractivity contribution in [2.45, 2.75) is 44.9 Å². The molecule has 1 heterocycles. The molecule has 1 saturated carbocycles. The van der Waals surface area contributed by atoms with E-state index in [4.69, 9.17) is 0 Å². The molecule has 2 rings (SSSR count). The Morgan fingerprint density at radius 1 is 1.19 bits per heavy atom. The largest absolute Gasteiger partial charge is 0.293 e. The molecule has 0 aromatic carbocycles. The standard InChI is InChI=1S/C13H17BrOS/c14-11-8-9-16-13(11)12(15)10-6-4-2-1-3-5-7-10/h8-10H,1-7H2. The molecule has 1 aromatic rings. The topological polar surface area (TPSA) is 17.1 Å². The van der Waals surface area contributed by atoms with Crippen LogP contribution in [0.15, 0.2) is 15.9 Å². The molecule has 1 aromatic heterocycles. The summed E-state index contributed by atoms with van der Waals surface area (Å²) in [4.78, 5) is 13.2. The molecule has 0 aliphatic heterocycles. The van der Waals surface area contributed by atoms with Gasteiger partial charge in [0.05, 0.1) is 4.88 Å². The van der Waals surface area contributed by atoms with Crippen LogP contribution in [-0.4, -0.2) is 5.78 Å². The van der Waals surface area contributed by atoms with Crippen LogP contribution < -0.4 is 0 Å². The summed E-state index contributed by atoms with van der Waals surface area (Å²) in [6, 6.07) is 1.97. The Kier molecular flexibility index (Phi) is 4.59. The van der Waals surface area contributed by atoms with Crippen LogP contribution in [0.25, 0.3) is 0 Å². The minimum Gasteiger partial charge on any atom is -0.293 e. The molecule has 16 heavy (non-hydrogen) atoms. The Morgan fingerprint density at radius 3 is 2.38 bits per heavy atom. The van der Waals surface area contributed by atoms with E-state index in [0.717, 1.165) is 22.2 Å². The zero-order chi connectivity index (χ0) is 11.4. The van der Waals surface area contributed by atoms with Crippen LogP contribution >= 0.6 is 27.3 Å². The fourth-order valence-corrected chi connectivity index (χ4v) is 3.96. The first-order valence-electron chi connectivity index (χ1n) is 6.06. The van der Waals surface area contributed by atoms with Crippen molar-refractivity contribution < 1.29 is 4.79 Å². The summed E-state index contributed by atoms with van der Waals surface area (Å²) in [7, 11) is 0. The normalized spacial score (nSPS) is 19.1. The third-order valence-corrected chi connectivity index (χ3v) is 5.17. The number of ketones is 1. The minimum atomic E-state index is 0.273. The van der Waals surface area contributed by atoms with E-state index >= 15 is 0 Å². The number of carbonyl (C=O) groups excluding carboxylic acids is 1. The zero-order valence-electron chi connectivity index (χ0n) is 9.38. The van der Waals surface area contributed by atoms with E-state index in [-0.39, 0.29) is 5.92 Å². The third-order valence-electron chi connectivity index (χ3n) is 3.32. The molecule has 0 bridgehead atoms. The summed E-state index contributed by atoms with van der Waals surface area (Å²) >= 11 is 5.02. The van der Waals surface area contributed by atoms with Gasteiger partial charge in [-0.3, -0.25) is 4.79 Å². The van der Waals surface area contributed by atoms with Crippen LogP contribution in [0, 0.1) is 5.92 Å². The maximum atomic E-state index is 12.3. The van der Waals surface area contributed by atoms with Gasteiger partial charge >= 0.3 is 0 Å². The second-order valence-corrected chi connectivity index (χ2v) is 6.27. The van der Waals surface area contributed by atoms with Gasteiger partial charge in [-0.2, -0.15) is 0 Å². The van der Waals surface area contributed by atoms with Crippen LogP contribution in [0.4, 0.5) is 0 Å². The van der Waals surface area contributed by atoms with E-state index in [1.54, 1.807) is 11.3 Å². The monoisotopic (exact) mass is 300 g/mol. The molecule has 1 aliphatic carbocycles. The van der Waals surface area contributed by atoms with Gasteiger partial charge in [0.15, 0.2) is 5.78 Å². The second-order valence-electron chi connectivity index (χ2n) is 4.50. The molecule has 1 aliphatic rings. The maximum absolute atomic E-state index is 12.3. The highest BCUT2D eigenvalue weighted by atomic mass is 79.9. The first-order valence-corrected chi connectivity index (χ1v) is 7.73. The van der Waals surface area contributed by atoms with Gasteiger partial charge in [-0.05, 0) is 40.2 Å². The second kappa shape index (κ2) is 5.97. The lowest BCUT2D eigenvalue weighted by molar-refractivity contribution is 0.0902. The summed E-state index contributed by atoms with van der Waals surface area (Å²) in [5.41, 5.74) is 0. The molecule has 0 radical (unpaired) electrons. The quantitative estimate of drug-likeness (QED) is 0.698. The van der Waals surface area contributed by atoms with Crippen molar-refractivity contribution >= 4 is 33.0 Å². The molecule has 0 N–H and O–H groups in total. The van der Waals surface area contributed by atoms with E-state index in [1.165, 1.54) is 32.1 Å². The van der Waals surface area contributed by atoms with E-state index < -0.39 is 0 Å². The average Bonchev–Trinajstić information content (AvgIpc) is 2.63. The van der Waals surface area contributed by atoms with Gasteiger partial charge in [-0.15, -0.1) is 11.3 Å². The number of hydrogen-bond acceptors (Lipinski definition) is 2. The third kappa shape index (κ3) is 2.95. The molecule has 0 amide bonds. The number of carbonyl (C=O) groups is 1. The van der Waals surface area contributed by atoms with Gasteiger partial charge in [0.25, 0.3) is 0 Å². The Bertz CT molecular complexity index is 351. The lowest BCUT2D eigenvalue weighted by atomic mass is 9.88. The first kappa shape index (κ1) is 12.3. The zero-order valence-corrected chi connectivity index (χ0v) is 11.8. The smallest absolute Gasteiger partial charge is 0.176 e. The van der Waals surface area contributed by atoms with Crippen molar-refractivity contribution in [3.8, 4) is 0 Å². The first-order chi connectivity index (χ1) is 7.79. The lowest BCUT2D eigenvalue weighted by Gasteiger charge is -2.17. The predicted octanol–water partition coefficient (Wildman–Crippen LogP) is 5.05. The van der Waals surface area contributed by atoms with E-state index in [9.17, 15) is 4.79 Å². The summed E-state index contributed by atoms with van der Waals surface area (Å²) in [6.07, 6.45) is 8.57. The maximum Gasteiger partial charge on any atom is 0.176 e. The highest BCUT2D eigenvalue weighted by Crippen LogP contribution is 2.30. The summed E-state index contributed by atoms with van der Waals surface area (Å²) in [5.74, 6) is 0.638. The number of hydrogen-bond donors (Lipinski definition) is 0. The van der Waals surface area contributed by atoms with E-state index in [0.29, 0.717) is 5.78 Å². The SMILES string of the molecule is O=C(c1sccc1Br)C1CCCCCCC1. The molecule has 0 atom stereocenters. The van der Waals surface area contributed by atoms with Crippen LogP contribution in [0.5, 0.6) is 0 Å². The van der Waals surface area contributed by atoms with Crippen molar-refractivity contribution in [1.82, 2.24) is 0 Å². The van der Waals surface area contributed by atoms with Gasteiger partial charge in [0.1, 0.15) is 0 Å². The van der Waals surface area contributed by atoms with Crippen molar-refractivity contribution in [1.29, 1.82) is 0 Å².